The molecule has 1 heterocycles. The van der Waals surface area contributed by atoms with Gasteiger partial charge in [-0.2, -0.15) is 0 Å². The van der Waals surface area contributed by atoms with Crippen LogP contribution in [0.4, 0.5) is 5.69 Å². The van der Waals surface area contributed by atoms with E-state index in [0.717, 1.165) is 22.8 Å². The predicted molar refractivity (Wildman–Crippen MR) is 91.9 cm³/mol. The second kappa shape index (κ2) is 6.91. The lowest BCUT2D eigenvalue weighted by molar-refractivity contribution is -0.128. The van der Waals surface area contributed by atoms with Crippen molar-refractivity contribution in [3.8, 4) is 0 Å². The fourth-order valence-electron chi connectivity index (χ4n) is 3.15. The van der Waals surface area contributed by atoms with Gasteiger partial charge in [-0.25, -0.2) is 12.7 Å². The summed E-state index contributed by atoms with van der Waals surface area (Å²) in [7, 11) is -3.73. The van der Waals surface area contributed by atoms with Gasteiger partial charge in [0.05, 0.1) is 4.90 Å². The number of rotatable bonds is 5. The molecule has 1 aromatic carbocycles. The first-order valence-corrected chi connectivity index (χ1v) is 9.63. The molecule has 0 aliphatic carbocycles. The van der Waals surface area contributed by atoms with E-state index in [1.807, 2.05) is 12.1 Å². The van der Waals surface area contributed by atoms with Crippen molar-refractivity contribution in [2.24, 2.45) is 0 Å². The van der Waals surface area contributed by atoms with Gasteiger partial charge in [0.1, 0.15) is 0 Å². The van der Waals surface area contributed by atoms with E-state index in [9.17, 15) is 13.2 Å². The summed E-state index contributed by atoms with van der Waals surface area (Å²) in [5, 5.41) is 0. The lowest BCUT2D eigenvalue weighted by atomic mass is 10.2. The number of benzene rings is 1. The molecule has 1 aliphatic heterocycles. The molecule has 0 saturated carbocycles. The Hall–Kier alpha value is -1.56. The van der Waals surface area contributed by atoms with E-state index >= 15 is 0 Å². The van der Waals surface area contributed by atoms with E-state index in [1.165, 1.54) is 0 Å². The third-order valence-electron chi connectivity index (χ3n) is 4.12. The van der Waals surface area contributed by atoms with E-state index in [-0.39, 0.29) is 17.3 Å². The molecule has 0 spiro atoms. The Kier molecular flexibility index (Phi) is 5.34. The van der Waals surface area contributed by atoms with Gasteiger partial charge in [-0.1, -0.05) is 0 Å². The Morgan fingerprint density at radius 2 is 1.57 bits per heavy atom. The van der Waals surface area contributed by atoms with E-state index in [4.69, 9.17) is 0 Å². The summed E-state index contributed by atoms with van der Waals surface area (Å²) in [4.78, 5) is 14.3. The normalized spacial score (nSPS) is 16.3. The number of anilines is 1. The Labute approximate surface area is 139 Å². The highest BCUT2D eigenvalue weighted by atomic mass is 32.2. The lowest BCUT2D eigenvalue weighted by Crippen LogP contribution is -2.40. The highest BCUT2D eigenvalue weighted by Crippen LogP contribution is 2.25. The topological polar surface area (TPSA) is 57.7 Å². The molecular formula is C17H26N2O3S. The Bertz CT molecular complexity index is 643. The molecule has 1 aromatic rings. The molecule has 0 bridgehead atoms. The number of carbonyl (C=O) groups excluding carboxylic acids is 1. The summed E-state index contributed by atoms with van der Waals surface area (Å²) < 4.78 is 26.3. The molecule has 1 fully saturated rings. The zero-order valence-electron chi connectivity index (χ0n) is 14.3. The van der Waals surface area contributed by atoms with Gasteiger partial charge >= 0.3 is 0 Å². The van der Waals surface area contributed by atoms with Crippen LogP contribution < -0.4 is 4.90 Å². The van der Waals surface area contributed by atoms with Gasteiger partial charge in [0.15, 0.2) is 0 Å². The van der Waals surface area contributed by atoms with Crippen LogP contribution in [-0.4, -0.2) is 37.3 Å². The minimum atomic E-state index is -3.73. The predicted octanol–water partition coefficient (Wildman–Crippen LogP) is 3.01. The van der Waals surface area contributed by atoms with Gasteiger partial charge in [0, 0.05) is 30.7 Å². The van der Waals surface area contributed by atoms with Crippen molar-refractivity contribution >= 4 is 21.6 Å². The highest BCUT2D eigenvalue weighted by Gasteiger charge is 2.31. The van der Waals surface area contributed by atoms with Crippen molar-refractivity contribution in [1.82, 2.24) is 4.31 Å². The van der Waals surface area contributed by atoms with Crippen molar-refractivity contribution in [3.05, 3.63) is 24.3 Å². The maximum Gasteiger partial charge on any atom is 0.266 e. The largest absolute Gasteiger partial charge is 0.367 e. The number of hydrogen-bond donors (Lipinski definition) is 0. The number of nitrogens with zero attached hydrogens (tertiary/aromatic N) is 2. The van der Waals surface area contributed by atoms with Crippen LogP contribution >= 0.6 is 0 Å². The van der Waals surface area contributed by atoms with E-state index < -0.39 is 10.0 Å². The first-order valence-electron chi connectivity index (χ1n) is 8.19. The Balaban J connectivity index is 2.29. The molecule has 0 atom stereocenters. The van der Waals surface area contributed by atoms with Gasteiger partial charge in [0.25, 0.3) is 10.0 Å². The van der Waals surface area contributed by atoms with Gasteiger partial charge in [-0.3, -0.25) is 4.79 Å². The minimum Gasteiger partial charge on any atom is -0.367 e. The Morgan fingerprint density at radius 1 is 1.00 bits per heavy atom. The van der Waals surface area contributed by atoms with Crippen LogP contribution in [0.15, 0.2) is 29.2 Å². The summed E-state index contributed by atoms with van der Waals surface area (Å²) in [6.45, 7) is 8.72. The van der Waals surface area contributed by atoms with Crippen LogP contribution in [0.2, 0.25) is 0 Å². The average Bonchev–Trinajstić information content (AvgIpc) is 2.47. The third kappa shape index (κ3) is 3.68. The average molecular weight is 338 g/mol. The molecule has 128 valence electrons. The van der Waals surface area contributed by atoms with E-state index in [2.05, 4.69) is 32.6 Å². The monoisotopic (exact) mass is 338 g/mol. The molecule has 23 heavy (non-hydrogen) atoms. The molecule has 1 aliphatic rings. The molecule has 1 amide bonds. The quantitative estimate of drug-likeness (QED) is 0.828. The first kappa shape index (κ1) is 17.8. The van der Waals surface area contributed by atoms with Crippen molar-refractivity contribution in [2.75, 3.05) is 11.4 Å². The Morgan fingerprint density at radius 3 is 2.04 bits per heavy atom. The molecule has 0 radical (unpaired) electrons. The zero-order valence-corrected chi connectivity index (χ0v) is 15.1. The fourth-order valence-corrected chi connectivity index (χ4v) is 4.61. The van der Waals surface area contributed by atoms with Crippen LogP contribution in [0.25, 0.3) is 0 Å². The summed E-state index contributed by atoms with van der Waals surface area (Å²) in [6.07, 6.45) is 1.81. The SMILES string of the molecule is CC(C)N(c1ccc(S(=O)(=O)N2CCCCC2=O)cc1)C(C)C. The standard InChI is InChI=1S/C17H26N2O3S/c1-13(2)19(14(3)4)15-8-10-16(11-9-15)23(21,22)18-12-6-5-7-17(18)20/h8-11,13-14H,5-7,12H2,1-4H3. The van der Waals surface area contributed by atoms with Crippen molar-refractivity contribution in [1.29, 1.82) is 0 Å². The highest BCUT2D eigenvalue weighted by molar-refractivity contribution is 7.89. The van der Waals surface area contributed by atoms with Crippen LogP contribution in [0, 0.1) is 0 Å². The van der Waals surface area contributed by atoms with Crippen LogP contribution in [0.3, 0.4) is 0 Å². The maximum absolute atomic E-state index is 12.6. The first-order chi connectivity index (χ1) is 10.7. The second-order valence-corrected chi connectivity index (χ2v) is 8.38. The molecule has 2 rings (SSSR count). The van der Waals surface area contributed by atoms with Gasteiger partial charge in [-0.05, 0) is 64.8 Å². The van der Waals surface area contributed by atoms with Crippen LogP contribution in [0.1, 0.15) is 47.0 Å². The fraction of sp³-hybridized carbons (Fsp3) is 0.588. The number of carbonyl (C=O) groups is 1. The van der Waals surface area contributed by atoms with Crippen molar-refractivity contribution < 1.29 is 13.2 Å². The summed E-state index contributed by atoms with van der Waals surface area (Å²) in [6, 6.07) is 7.49. The number of hydrogen-bond acceptors (Lipinski definition) is 4. The van der Waals surface area contributed by atoms with E-state index in [0.29, 0.717) is 18.5 Å². The van der Waals surface area contributed by atoms with Crippen LogP contribution in [0.5, 0.6) is 0 Å². The minimum absolute atomic E-state index is 0.184. The van der Waals surface area contributed by atoms with Gasteiger partial charge in [0.2, 0.25) is 5.91 Å². The lowest BCUT2D eigenvalue weighted by Gasteiger charge is -2.33. The summed E-state index contributed by atoms with van der Waals surface area (Å²) in [5.74, 6) is -0.300. The van der Waals surface area contributed by atoms with Crippen molar-refractivity contribution in [2.45, 2.75) is 63.9 Å². The molecular weight excluding hydrogens is 312 g/mol. The third-order valence-corrected chi connectivity index (χ3v) is 5.95. The maximum atomic E-state index is 12.6. The number of sulfonamides is 1. The van der Waals surface area contributed by atoms with Gasteiger partial charge < -0.3 is 4.90 Å². The van der Waals surface area contributed by atoms with Crippen molar-refractivity contribution in [3.63, 3.8) is 0 Å². The number of amides is 1. The number of piperidine rings is 1. The summed E-state index contributed by atoms with van der Waals surface area (Å²) >= 11 is 0. The zero-order chi connectivity index (χ0) is 17.2. The van der Waals surface area contributed by atoms with E-state index in [1.54, 1.807) is 12.1 Å². The second-order valence-electron chi connectivity index (χ2n) is 6.52. The smallest absolute Gasteiger partial charge is 0.266 e. The molecule has 5 nitrogen and oxygen atoms in total. The molecule has 0 aromatic heterocycles. The molecule has 0 unspecified atom stereocenters. The van der Waals surface area contributed by atoms with Crippen LogP contribution in [-0.2, 0) is 14.8 Å². The molecule has 1 saturated heterocycles. The molecule has 6 heteroatoms. The van der Waals surface area contributed by atoms with Gasteiger partial charge in [-0.15, -0.1) is 0 Å². The molecule has 0 N–H and O–H groups in total. The summed E-state index contributed by atoms with van der Waals surface area (Å²) in [5.41, 5.74) is 0.985.